The van der Waals surface area contributed by atoms with Gasteiger partial charge in [0.2, 0.25) is 5.91 Å². The standard InChI is InChI=1S/C23H31FN2O4/c1-28-21-16(3-2-4-19(21)24)12-26-13-18-17(20-5-8-23(18,14-26)30-20)11-25-22(27)15-6-9-29-10-7-15/h2-4,15,17-18,20H,5-14H2,1H3,(H,25,27)/t17-,18+,20+,23+/m0/s1. The number of fused-ring (bicyclic) bond motifs is 1. The van der Waals surface area contributed by atoms with Crippen molar-refractivity contribution in [2.45, 2.75) is 43.9 Å². The van der Waals surface area contributed by atoms with Gasteiger partial charge in [0.25, 0.3) is 0 Å². The van der Waals surface area contributed by atoms with Crippen LogP contribution in [0.2, 0.25) is 0 Å². The lowest BCUT2D eigenvalue weighted by atomic mass is 9.73. The summed E-state index contributed by atoms with van der Waals surface area (Å²) in [6.45, 7) is 4.46. The van der Waals surface area contributed by atoms with Crippen LogP contribution in [-0.2, 0) is 20.8 Å². The van der Waals surface area contributed by atoms with Crippen molar-refractivity contribution < 1.29 is 23.4 Å². The smallest absolute Gasteiger partial charge is 0.223 e. The lowest BCUT2D eigenvalue weighted by Gasteiger charge is -2.30. The third-order valence-corrected chi connectivity index (χ3v) is 7.61. The topological polar surface area (TPSA) is 60.0 Å². The lowest BCUT2D eigenvalue weighted by Crippen LogP contribution is -2.43. The van der Waals surface area contributed by atoms with Crippen molar-refractivity contribution in [2.24, 2.45) is 17.8 Å². The molecule has 7 heteroatoms. The molecule has 1 aromatic rings. The number of carbonyl (C=O) groups excluding carboxylic acids is 1. The highest BCUT2D eigenvalue weighted by Crippen LogP contribution is 2.55. The van der Waals surface area contributed by atoms with Gasteiger partial charge in [-0.1, -0.05) is 12.1 Å². The van der Waals surface area contributed by atoms with Crippen LogP contribution < -0.4 is 10.1 Å². The average molecular weight is 419 g/mol. The summed E-state index contributed by atoms with van der Waals surface area (Å²) < 4.78 is 31.2. The maximum Gasteiger partial charge on any atom is 0.223 e. The van der Waals surface area contributed by atoms with Crippen molar-refractivity contribution in [3.8, 4) is 5.75 Å². The Morgan fingerprint density at radius 2 is 2.17 bits per heavy atom. The monoisotopic (exact) mass is 418 g/mol. The maximum atomic E-state index is 14.1. The van der Waals surface area contributed by atoms with E-state index in [0.717, 1.165) is 44.3 Å². The van der Waals surface area contributed by atoms with E-state index in [1.54, 1.807) is 6.07 Å². The lowest BCUT2D eigenvalue weighted by molar-refractivity contribution is -0.128. The van der Waals surface area contributed by atoms with E-state index in [1.807, 2.05) is 6.07 Å². The number of benzene rings is 1. The van der Waals surface area contributed by atoms with Gasteiger partial charge in [-0.25, -0.2) is 4.39 Å². The summed E-state index contributed by atoms with van der Waals surface area (Å²) in [6, 6.07) is 5.10. The van der Waals surface area contributed by atoms with Gasteiger partial charge in [0, 0.05) is 62.7 Å². The minimum Gasteiger partial charge on any atom is -0.493 e. The molecular weight excluding hydrogens is 387 g/mol. The normalized spacial score (nSPS) is 33.6. The first-order valence-electron chi connectivity index (χ1n) is 11.2. The molecule has 0 aliphatic carbocycles. The number of hydrogen-bond donors (Lipinski definition) is 1. The van der Waals surface area contributed by atoms with Gasteiger partial charge in [-0.15, -0.1) is 0 Å². The number of methoxy groups -OCH3 is 1. The van der Waals surface area contributed by atoms with E-state index in [2.05, 4.69) is 10.2 Å². The molecule has 4 aliphatic rings. The molecule has 0 saturated carbocycles. The highest BCUT2D eigenvalue weighted by molar-refractivity contribution is 5.78. The number of para-hydroxylation sites is 1. The zero-order valence-corrected chi connectivity index (χ0v) is 17.6. The number of carbonyl (C=O) groups is 1. The number of halogens is 1. The SMILES string of the molecule is COc1c(F)cccc1CN1C[C@@H]2[C@H](CNC(=O)C3CCOCC3)[C@H]3CC[C@]2(C1)O3. The largest absolute Gasteiger partial charge is 0.493 e. The van der Waals surface area contributed by atoms with Crippen molar-refractivity contribution in [2.75, 3.05) is 40.0 Å². The van der Waals surface area contributed by atoms with Crippen LogP contribution in [0.1, 0.15) is 31.2 Å². The van der Waals surface area contributed by atoms with Crippen molar-refractivity contribution in [3.63, 3.8) is 0 Å². The quantitative estimate of drug-likeness (QED) is 0.769. The highest BCUT2D eigenvalue weighted by atomic mass is 19.1. The van der Waals surface area contributed by atoms with E-state index >= 15 is 0 Å². The molecule has 4 atom stereocenters. The molecule has 4 fully saturated rings. The molecule has 1 aromatic carbocycles. The zero-order valence-electron chi connectivity index (χ0n) is 17.6. The zero-order chi connectivity index (χ0) is 20.7. The van der Waals surface area contributed by atoms with Crippen molar-refractivity contribution in [1.29, 1.82) is 0 Å². The number of nitrogens with zero attached hydrogens (tertiary/aromatic N) is 1. The van der Waals surface area contributed by atoms with Crippen molar-refractivity contribution >= 4 is 5.91 Å². The molecular formula is C23H31FN2O4. The first-order chi connectivity index (χ1) is 14.6. The third kappa shape index (κ3) is 3.51. The molecule has 0 unspecified atom stereocenters. The summed E-state index contributed by atoms with van der Waals surface area (Å²) in [7, 11) is 1.52. The molecule has 0 aromatic heterocycles. The van der Waals surface area contributed by atoms with Crippen molar-refractivity contribution in [3.05, 3.63) is 29.6 Å². The Balaban J connectivity index is 1.23. The molecule has 4 heterocycles. The molecule has 30 heavy (non-hydrogen) atoms. The first kappa shape index (κ1) is 20.2. The molecule has 1 amide bonds. The minimum absolute atomic E-state index is 0.0766. The second-order valence-electron chi connectivity index (χ2n) is 9.26. The Morgan fingerprint density at radius 3 is 2.97 bits per heavy atom. The van der Waals surface area contributed by atoms with Gasteiger partial charge >= 0.3 is 0 Å². The van der Waals surface area contributed by atoms with E-state index < -0.39 is 0 Å². The van der Waals surface area contributed by atoms with Gasteiger partial charge in [-0.2, -0.15) is 0 Å². The molecule has 1 spiro atoms. The molecule has 0 radical (unpaired) electrons. The van der Waals surface area contributed by atoms with Crippen LogP contribution >= 0.6 is 0 Å². The van der Waals surface area contributed by atoms with Gasteiger partial charge in [-0.05, 0) is 31.7 Å². The van der Waals surface area contributed by atoms with Gasteiger partial charge in [0.1, 0.15) is 0 Å². The summed E-state index contributed by atoms with van der Waals surface area (Å²) in [5.41, 5.74) is 0.757. The number of rotatable bonds is 6. The maximum absolute atomic E-state index is 14.1. The molecule has 5 rings (SSSR count). The summed E-state index contributed by atoms with van der Waals surface area (Å²) in [4.78, 5) is 15.0. The number of nitrogens with one attached hydrogen (secondary N) is 1. The molecule has 164 valence electrons. The summed E-state index contributed by atoms with van der Waals surface area (Å²) in [6.07, 6.45) is 4.01. The van der Waals surface area contributed by atoms with E-state index in [4.69, 9.17) is 14.2 Å². The van der Waals surface area contributed by atoms with Crippen LogP contribution in [0.5, 0.6) is 5.75 Å². The summed E-state index contributed by atoms with van der Waals surface area (Å²) >= 11 is 0. The van der Waals surface area contributed by atoms with Crippen LogP contribution in [0, 0.1) is 23.6 Å². The fourth-order valence-corrected chi connectivity index (χ4v) is 6.15. The van der Waals surface area contributed by atoms with E-state index in [9.17, 15) is 9.18 Å². The Hall–Kier alpha value is -1.70. The molecule has 4 saturated heterocycles. The second-order valence-corrected chi connectivity index (χ2v) is 9.26. The number of hydrogen-bond acceptors (Lipinski definition) is 5. The fraction of sp³-hybridized carbons (Fsp3) is 0.696. The second kappa shape index (κ2) is 8.09. The van der Waals surface area contributed by atoms with Crippen LogP contribution in [0.3, 0.4) is 0 Å². The van der Waals surface area contributed by atoms with Crippen molar-refractivity contribution in [1.82, 2.24) is 10.2 Å². The Bertz CT molecular complexity index is 799. The van der Waals surface area contributed by atoms with E-state index in [0.29, 0.717) is 43.9 Å². The Labute approximate surface area is 177 Å². The van der Waals surface area contributed by atoms with Crippen LogP contribution in [0.25, 0.3) is 0 Å². The Kier molecular flexibility index (Phi) is 5.45. The first-order valence-corrected chi connectivity index (χ1v) is 11.2. The predicted octanol–water partition coefficient (Wildman–Crippen LogP) is 2.36. The van der Waals surface area contributed by atoms with Gasteiger partial charge in [0.15, 0.2) is 11.6 Å². The molecule has 6 nitrogen and oxygen atoms in total. The number of amides is 1. The van der Waals surface area contributed by atoms with Gasteiger partial charge in [-0.3, -0.25) is 9.69 Å². The van der Waals surface area contributed by atoms with E-state index in [1.165, 1.54) is 13.2 Å². The number of ether oxygens (including phenoxy) is 3. The summed E-state index contributed by atoms with van der Waals surface area (Å²) in [5.74, 6) is 1.01. The van der Waals surface area contributed by atoms with Gasteiger partial charge < -0.3 is 19.5 Å². The third-order valence-electron chi connectivity index (χ3n) is 7.61. The van der Waals surface area contributed by atoms with Crippen LogP contribution in [-0.4, -0.2) is 62.5 Å². The predicted molar refractivity (Wildman–Crippen MR) is 109 cm³/mol. The molecule has 4 aliphatic heterocycles. The fourth-order valence-electron chi connectivity index (χ4n) is 6.15. The highest BCUT2D eigenvalue weighted by Gasteiger charge is 2.62. The minimum atomic E-state index is -0.321. The van der Waals surface area contributed by atoms with E-state index in [-0.39, 0.29) is 29.3 Å². The van der Waals surface area contributed by atoms with Crippen LogP contribution in [0.15, 0.2) is 18.2 Å². The van der Waals surface area contributed by atoms with Crippen LogP contribution in [0.4, 0.5) is 4.39 Å². The van der Waals surface area contributed by atoms with Gasteiger partial charge in [0.05, 0.1) is 18.8 Å². The molecule has 2 bridgehead atoms. The average Bonchev–Trinajstić information content (AvgIpc) is 3.41. The Morgan fingerprint density at radius 1 is 1.33 bits per heavy atom. The summed E-state index contributed by atoms with van der Waals surface area (Å²) in [5, 5.41) is 3.22. The number of likely N-dealkylation sites (tertiary alicyclic amines) is 1. The molecule has 1 N–H and O–H groups in total.